The first-order valence-electron chi connectivity index (χ1n) is 2.30. The number of nitrogens with two attached hydrogens (primary N) is 2. The van der Waals surface area contributed by atoms with Gasteiger partial charge in [-0.25, -0.2) is 4.98 Å². The summed E-state index contributed by atoms with van der Waals surface area (Å²) in [5.74, 6) is -0.451. The molecule has 0 radical (unpaired) electrons. The van der Waals surface area contributed by atoms with E-state index >= 15 is 0 Å². The van der Waals surface area contributed by atoms with Crippen molar-refractivity contribution in [1.29, 1.82) is 0 Å². The number of nitrogens with one attached hydrogen (secondary N) is 1. The van der Waals surface area contributed by atoms with Crippen molar-refractivity contribution in [2.45, 2.75) is 0 Å². The summed E-state index contributed by atoms with van der Waals surface area (Å²) in [5, 5.41) is 0. The van der Waals surface area contributed by atoms with Gasteiger partial charge in [0.15, 0.2) is 5.82 Å². The molecule has 0 bridgehead atoms. The van der Waals surface area contributed by atoms with Gasteiger partial charge in [-0.3, -0.25) is 4.79 Å². The molecule has 0 unspecified atom stereocenters. The maximum absolute atomic E-state index is 10.4. The molecule has 0 spiro atoms. The molecule has 0 aliphatic carbocycles. The van der Waals surface area contributed by atoms with Gasteiger partial charge in [0.05, 0.1) is 6.33 Å². The summed E-state index contributed by atoms with van der Waals surface area (Å²) >= 11 is 0. The number of H-pyrrole nitrogens is 1. The molecule has 1 rings (SSSR count). The molecule has 5 heteroatoms. The van der Waals surface area contributed by atoms with Crippen LogP contribution in [0, 0.1) is 0 Å². The monoisotopic (exact) mass is 129 g/mol. The molecule has 0 fully saturated rings. The van der Waals surface area contributed by atoms with Gasteiger partial charge < -0.3 is 16.5 Å². The van der Waals surface area contributed by atoms with E-state index in [1.165, 1.54) is 6.33 Å². The number of carbonyl (C=O) groups excluding carboxylic acids is 1. The van der Waals surface area contributed by atoms with Crippen LogP contribution in [0.15, 0.2) is 6.33 Å². The number of rotatable bonds is 1. The number of aromatic nitrogens is 2. The lowest BCUT2D eigenvalue weighted by Gasteiger charge is -1.87. The maximum atomic E-state index is 10.4. The standard InChI is InChI=1S/C4H6N4O/c5-3-2(4(6)9)7-1-8-3/h1H,5H2,(H2,6,9)(H,7,8)/i1+1,2+1,7+1. The lowest BCUT2D eigenvalue weighted by molar-refractivity contribution is 0.0997. The van der Waals surface area contributed by atoms with Crippen LogP contribution in [0.4, 0.5) is 5.82 Å². The van der Waals surface area contributed by atoms with Gasteiger partial charge in [0.2, 0.25) is 0 Å². The molecular weight excluding hydrogens is 123 g/mol. The third-order valence-corrected chi connectivity index (χ3v) is 0.915. The molecule has 5 nitrogen and oxygen atoms in total. The highest BCUT2D eigenvalue weighted by molar-refractivity contribution is 5.94. The summed E-state index contributed by atoms with van der Waals surface area (Å²) < 4.78 is 0. The van der Waals surface area contributed by atoms with Crippen LogP contribution in [0.25, 0.3) is 0 Å². The van der Waals surface area contributed by atoms with E-state index in [1.807, 2.05) is 0 Å². The second-order valence-electron chi connectivity index (χ2n) is 1.53. The van der Waals surface area contributed by atoms with E-state index in [1.54, 1.807) is 0 Å². The molecule has 0 aromatic carbocycles. The lowest BCUT2D eigenvalue weighted by atomic mass is 10.8. The molecule has 0 aliphatic heterocycles. The number of amides is 1. The fraction of sp³-hybridized carbons (Fsp3) is 0. The van der Waals surface area contributed by atoms with Crippen molar-refractivity contribution in [2.24, 2.45) is 5.73 Å². The molecule has 0 aliphatic rings. The van der Waals surface area contributed by atoms with Crippen molar-refractivity contribution in [3.8, 4) is 0 Å². The van der Waals surface area contributed by atoms with E-state index in [9.17, 15) is 4.79 Å². The van der Waals surface area contributed by atoms with Crippen LogP contribution in [-0.4, -0.2) is 15.9 Å². The van der Waals surface area contributed by atoms with Gasteiger partial charge in [0.25, 0.3) is 5.91 Å². The minimum atomic E-state index is -0.593. The van der Waals surface area contributed by atoms with Crippen LogP contribution >= 0.6 is 0 Å². The van der Waals surface area contributed by atoms with Gasteiger partial charge in [-0.2, -0.15) is 0 Å². The summed E-state index contributed by atoms with van der Waals surface area (Å²) in [6, 6.07) is 0. The highest BCUT2D eigenvalue weighted by Gasteiger charge is 2.05. The highest BCUT2D eigenvalue weighted by Crippen LogP contribution is 2.00. The van der Waals surface area contributed by atoms with E-state index in [0.29, 0.717) is 0 Å². The number of carbonyl (C=O) groups is 1. The summed E-state index contributed by atoms with van der Waals surface area (Å²) in [5.41, 5.74) is 10.2. The van der Waals surface area contributed by atoms with E-state index in [4.69, 9.17) is 11.5 Å². The van der Waals surface area contributed by atoms with Gasteiger partial charge >= 0.3 is 0 Å². The molecular formula is C4H6N4O. The molecule has 9 heavy (non-hydrogen) atoms. The topological polar surface area (TPSA) is 97.8 Å². The zero-order valence-corrected chi connectivity index (χ0v) is 4.59. The largest absolute Gasteiger partial charge is 0.382 e. The molecule has 1 aromatic rings. The summed E-state index contributed by atoms with van der Waals surface area (Å²) in [4.78, 5) is 16.4. The normalized spacial score (nSPS) is 9.33. The third kappa shape index (κ3) is 0.835. The second kappa shape index (κ2) is 1.77. The van der Waals surface area contributed by atoms with Gasteiger partial charge in [-0.15, -0.1) is 0 Å². The summed E-state index contributed by atoms with van der Waals surface area (Å²) in [6.45, 7) is 0. The van der Waals surface area contributed by atoms with Crippen LogP contribution in [0.1, 0.15) is 10.5 Å². The third-order valence-electron chi connectivity index (χ3n) is 0.915. The number of anilines is 1. The SMILES string of the molecule is NC(=O)[13c]1[15nH][13cH]nc1N. The molecule has 5 N–H and O–H groups in total. The Labute approximate surface area is 51.1 Å². The quantitative estimate of drug-likeness (QED) is 0.457. The van der Waals surface area contributed by atoms with Crippen molar-refractivity contribution >= 4 is 11.7 Å². The fourth-order valence-corrected chi connectivity index (χ4v) is 0.502. The first-order chi connectivity index (χ1) is 4.22. The zero-order chi connectivity index (χ0) is 6.85. The van der Waals surface area contributed by atoms with Crippen molar-refractivity contribution in [3.05, 3.63) is 12.0 Å². The van der Waals surface area contributed by atoms with Gasteiger partial charge in [0, 0.05) is 0 Å². The van der Waals surface area contributed by atoms with Crippen molar-refractivity contribution in [3.63, 3.8) is 0 Å². The van der Waals surface area contributed by atoms with Crippen molar-refractivity contribution < 1.29 is 4.79 Å². The van der Waals surface area contributed by atoms with Crippen LogP contribution in [-0.2, 0) is 0 Å². The average Bonchev–Trinajstić information content (AvgIpc) is 2.13. The number of primary amides is 1. The van der Waals surface area contributed by atoms with E-state index in [-0.39, 0.29) is 11.5 Å². The van der Waals surface area contributed by atoms with E-state index in [0.717, 1.165) is 0 Å². The zero-order valence-electron chi connectivity index (χ0n) is 4.59. The lowest BCUT2D eigenvalue weighted by Crippen LogP contribution is -2.13. The number of hydrogen-bond donors (Lipinski definition) is 3. The minimum Gasteiger partial charge on any atom is -0.382 e. The van der Waals surface area contributed by atoms with Crippen molar-refractivity contribution in [2.75, 3.05) is 5.73 Å². The van der Waals surface area contributed by atoms with Gasteiger partial charge in [0.1, 0.15) is 5.69 Å². The van der Waals surface area contributed by atoms with E-state index < -0.39 is 5.91 Å². The Morgan fingerprint density at radius 2 is 2.44 bits per heavy atom. The Morgan fingerprint density at radius 3 is 2.67 bits per heavy atom. The molecule has 1 aromatic heterocycles. The Balaban J connectivity index is 3.08. The summed E-state index contributed by atoms with van der Waals surface area (Å²) in [6.07, 6.45) is 1.31. The van der Waals surface area contributed by atoms with Crippen LogP contribution in [0.2, 0.25) is 0 Å². The Kier molecular flexibility index (Phi) is 1.11. The smallest absolute Gasteiger partial charge is 0.269 e. The maximum Gasteiger partial charge on any atom is 0.269 e. The van der Waals surface area contributed by atoms with Crippen LogP contribution < -0.4 is 11.5 Å². The Bertz CT molecular complexity index is 228. The Morgan fingerprint density at radius 1 is 1.78 bits per heavy atom. The molecule has 1 heterocycles. The van der Waals surface area contributed by atoms with Gasteiger partial charge in [-0.1, -0.05) is 0 Å². The number of nitrogens with zero attached hydrogens (tertiary/aromatic N) is 1. The fourth-order valence-electron chi connectivity index (χ4n) is 0.502. The van der Waals surface area contributed by atoms with Crippen molar-refractivity contribution in [1.82, 2.24) is 9.97 Å². The molecule has 0 atom stereocenters. The average molecular weight is 129 g/mol. The summed E-state index contributed by atoms with van der Waals surface area (Å²) in [7, 11) is 0. The first-order valence-corrected chi connectivity index (χ1v) is 2.30. The number of hydrogen-bond acceptors (Lipinski definition) is 3. The number of aromatic amines is 1. The predicted molar refractivity (Wildman–Crippen MR) is 31.5 cm³/mol. The second-order valence-corrected chi connectivity index (χ2v) is 1.53. The van der Waals surface area contributed by atoms with Crippen LogP contribution in [0.3, 0.4) is 0 Å². The molecule has 48 valence electrons. The number of nitrogen functional groups attached to an aromatic ring is 1. The van der Waals surface area contributed by atoms with Crippen LogP contribution in [0.5, 0.6) is 0 Å². The van der Waals surface area contributed by atoms with E-state index in [2.05, 4.69) is 9.97 Å². The first kappa shape index (κ1) is 5.61. The highest BCUT2D eigenvalue weighted by atomic mass is 16.2. The molecule has 0 saturated carbocycles. The van der Waals surface area contributed by atoms with Gasteiger partial charge in [-0.05, 0) is 0 Å². The molecule has 1 amide bonds. The molecule has 0 saturated heterocycles. The predicted octanol–water partition coefficient (Wildman–Crippen LogP) is -0.909. The number of imidazole rings is 1. The minimum absolute atomic E-state index is 0.141. The Hall–Kier alpha value is -1.52.